The highest BCUT2D eigenvalue weighted by molar-refractivity contribution is 5.45. The number of piperazine rings is 1. The zero-order valence-corrected chi connectivity index (χ0v) is 12.9. The minimum atomic E-state index is -0.366. The molecular weight excluding hydrogens is 295 g/mol. The normalized spacial score (nSPS) is 18.8. The van der Waals surface area contributed by atoms with Crippen LogP contribution in [0.25, 0.3) is 0 Å². The predicted octanol–water partition coefficient (Wildman–Crippen LogP) is 2.00. The van der Waals surface area contributed by atoms with Gasteiger partial charge in [-0.25, -0.2) is 24.3 Å². The molecule has 0 amide bonds. The molecule has 1 saturated heterocycles. The Kier molecular flexibility index (Phi) is 3.77. The molecule has 0 N–H and O–H groups in total. The van der Waals surface area contributed by atoms with E-state index in [4.69, 9.17) is 0 Å². The first-order valence-electron chi connectivity index (χ1n) is 8.08. The summed E-state index contributed by atoms with van der Waals surface area (Å²) in [6.07, 6.45) is 8.03. The smallest absolute Gasteiger partial charge is 0.183 e. The van der Waals surface area contributed by atoms with Gasteiger partial charge >= 0.3 is 0 Å². The molecule has 2 aromatic heterocycles. The second-order valence-corrected chi connectivity index (χ2v) is 6.10. The Morgan fingerprint density at radius 2 is 1.74 bits per heavy atom. The van der Waals surface area contributed by atoms with Crippen LogP contribution >= 0.6 is 0 Å². The van der Waals surface area contributed by atoms with E-state index in [0.29, 0.717) is 11.7 Å². The molecular formula is C16H19FN6. The minimum absolute atomic E-state index is 0.366. The molecule has 1 saturated carbocycles. The average molecular weight is 314 g/mol. The molecule has 6 nitrogen and oxygen atoms in total. The molecule has 2 fully saturated rings. The van der Waals surface area contributed by atoms with Gasteiger partial charge in [-0.1, -0.05) is 6.42 Å². The van der Waals surface area contributed by atoms with Crippen LogP contribution in [0.15, 0.2) is 24.9 Å². The Morgan fingerprint density at radius 1 is 0.957 bits per heavy atom. The number of hydrogen-bond acceptors (Lipinski definition) is 6. The minimum Gasteiger partial charge on any atom is -0.353 e. The van der Waals surface area contributed by atoms with Gasteiger partial charge < -0.3 is 9.80 Å². The van der Waals surface area contributed by atoms with Crippen molar-refractivity contribution in [2.45, 2.75) is 25.2 Å². The molecule has 1 aliphatic carbocycles. The molecule has 2 aliphatic rings. The molecule has 0 atom stereocenters. The van der Waals surface area contributed by atoms with Crippen molar-refractivity contribution in [3.05, 3.63) is 36.4 Å². The van der Waals surface area contributed by atoms with Gasteiger partial charge in [0.15, 0.2) is 11.6 Å². The summed E-state index contributed by atoms with van der Waals surface area (Å²) in [5.74, 6) is 1.60. The Hall–Kier alpha value is -2.31. The van der Waals surface area contributed by atoms with E-state index in [1.54, 1.807) is 6.33 Å². The zero-order valence-electron chi connectivity index (χ0n) is 12.9. The first kappa shape index (κ1) is 14.3. The second kappa shape index (κ2) is 6.06. The van der Waals surface area contributed by atoms with Crippen molar-refractivity contribution < 1.29 is 4.39 Å². The molecule has 0 aromatic carbocycles. The number of hydrogen-bond donors (Lipinski definition) is 0. The highest BCUT2D eigenvalue weighted by Gasteiger charge is 2.24. The molecule has 0 spiro atoms. The van der Waals surface area contributed by atoms with Gasteiger partial charge in [0, 0.05) is 43.9 Å². The molecule has 120 valence electrons. The van der Waals surface area contributed by atoms with Gasteiger partial charge in [-0.15, -0.1) is 0 Å². The molecule has 7 heteroatoms. The molecule has 1 aliphatic heterocycles. The van der Waals surface area contributed by atoms with Gasteiger partial charge in [-0.2, -0.15) is 0 Å². The van der Waals surface area contributed by atoms with Crippen LogP contribution in [0.1, 0.15) is 30.9 Å². The van der Waals surface area contributed by atoms with Crippen LogP contribution in [-0.4, -0.2) is 46.1 Å². The second-order valence-electron chi connectivity index (χ2n) is 6.10. The van der Waals surface area contributed by atoms with E-state index >= 15 is 0 Å². The summed E-state index contributed by atoms with van der Waals surface area (Å²) in [5, 5.41) is 0. The molecule has 3 heterocycles. The fourth-order valence-electron chi connectivity index (χ4n) is 3.15. The van der Waals surface area contributed by atoms with Gasteiger partial charge in [0.2, 0.25) is 0 Å². The first-order valence-corrected chi connectivity index (χ1v) is 8.08. The van der Waals surface area contributed by atoms with Crippen LogP contribution in [0, 0.1) is 5.82 Å². The van der Waals surface area contributed by atoms with Crippen molar-refractivity contribution in [1.82, 2.24) is 19.9 Å². The highest BCUT2D eigenvalue weighted by Crippen LogP contribution is 2.35. The number of halogens is 1. The van der Waals surface area contributed by atoms with Crippen LogP contribution in [0.4, 0.5) is 16.0 Å². The predicted molar refractivity (Wildman–Crippen MR) is 85.0 cm³/mol. The molecule has 23 heavy (non-hydrogen) atoms. The van der Waals surface area contributed by atoms with Crippen molar-refractivity contribution in [3.8, 4) is 0 Å². The van der Waals surface area contributed by atoms with Crippen molar-refractivity contribution in [1.29, 1.82) is 0 Å². The zero-order chi connectivity index (χ0) is 15.6. The van der Waals surface area contributed by atoms with E-state index < -0.39 is 0 Å². The quantitative estimate of drug-likeness (QED) is 0.864. The third-order valence-corrected chi connectivity index (χ3v) is 4.75. The molecule has 2 aromatic rings. The molecule has 4 rings (SSSR count). The fourth-order valence-corrected chi connectivity index (χ4v) is 3.15. The van der Waals surface area contributed by atoms with Gasteiger partial charge in [-0.3, -0.25) is 0 Å². The van der Waals surface area contributed by atoms with Crippen LogP contribution in [-0.2, 0) is 0 Å². The highest BCUT2D eigenvalue weighted by atomic mass is 19.1. The SMILES string of the molecule is Fc1cncnc1N1CCN(c2cc(C3CCC3)ncn2)CC1. The first-order chi connectivity index (χ1) is 11.3. The van der Waals surface area contributed by atoms with Gasteiger partial charge in [-0.05, 0) is 12.8 Å². The van der Waals surface area contributed by atoms with E-state index in [9.17, 15) is 4.39 Å². The van der Waals surface area contributed by atoms with Crippen LogP contribution in [0.5, 0.6) is 0 Å². The Bertz CT molecular complexity index is 682. The summed E-state index contributed by atoms with van der Waals surface area (Å²) in [6, 6.07) is 2.12. The Balaban J connectivity index is 1.44. The number of anilines is 2. The summed E-state index contributed by atoms with van der Waals surface area (Å²) in [4.78, 5) is 20.8. The lowest BCUT2D eigenvalue weighted by molar-refractivity contribution is 0.410. The van der Waals surface area contributed by atoms with E-state index in [2.05, 4.69) is 30.9 Å². The van der Waals surface area contributed by atoms with Gasteiger partial charge in [0.1, 0.15) is 18.5 Å². The number of rotatable bonds is 3. The Morgan fingerprint density at radius 3 is 2.43 bits per heavy atom. The monoisotopic (exact) mass is 314 g/mol. The fraction of sp³-hybridized carbons (Fsp3) is 0.500. The maximum atomic E-state index is 13.8. The van der Waals surface area contributed by atoms with E-state index in [1.165, 1.54) is 31.8 Å². The van der Waals surface area contributed by atoms with Crippen LogP contribution in [0.3, 0.4) is 0 Å². The van der Waals surface area contributed by atoms with Crippen molar-refractivity contribution in [3.63, 3.8) is 0 Å². The average Bonchev–Trinajstić information content (AvgIpc) is 2.54. The third kappa shape index (κ3) is 2.83. The summed E-state index contributed by atoms with van der Waals surface area (Å²) in [5.41, 5.74) is 1.16. The van der Waals surface area contributed by atoms with E-state index in [0.717, 1.165) is 37.7 Å². The lowest BCUT2D eigenvalue weighted by Crippen LogP contribution is -2.47. The van der Waals surface area contributed by atoms with Gasteiger partial charge in [0.05, 0.1) is 6.20 Å². The van der Waals surface area contributed by atoms with Gasteiger partial charge in [0.25, 0.3) is 0 Å². The molecule has 0 bridgehead atoms. The number of nitrogens with zero attached hydrogens (tertiary/aromatic N) is 6. The van der Waals surface area contributed by atoms with E-state index in [-0.39, 0.29) is 5.82 Å². The van der Waals surface area contributed by atoms with Crippen molar-refractivity contribution >= 4 is 11.6 Å². The standard InChI is InChI=1S/C16H19FN6/c17-13-9-18-10-21-16(13)23-6-4-22(5-7-23)15-8-14(19-11-20-15)12-2-1-3-12/h8-12H,1-7H2. The largest absolute Gasteiger partial charge is 0.353 e. The van der Waals surface area contributed by atoms with Crippen LogP contribution < -0.4 is 9.80 Å². The summed E-state index contributed by atoms with van der Waals surface area (Å²) >= 11 is 0. The maximum absolute atomic E-state index is 13.8. The lowest BCUT2D eigenvalue weighted by Gasteiger charge is -2.36. The van der Waals surface area contributed by atoms with Crippen molar-refractivity contribution in [2.24, 2.45) is 0 Å². The third-order valence-electron chi connectivity index (χ3n) is 4.75. The summed E-state index contributed by atoms with van der Waals surface area (Å²) < 4.78 is 13.8. The van der Waals surface area contributed by atoms with Crippen molar-refractivity contribution in [2.75, 3.05) is 36.0 Å². The summed E-state index contributed by atoms with van der Waals surface area (Å²) in [6.45, 7) is 3.03. The lowest BCUT2D eigenvalue weighted by atomic mass is 9.83. The molecule has 0 radical (unpaired) electrons. The Labute approximate surface area is 134 Å². The topological polar surface area (TPSA) is 58.0 Å². The van der Waals surface area contributed by atoms with E-state index in [1.807, 2.05) is 4.90 Å². The molecule has 0 unspecified atom stereocenters. The van der Waals surface area contributed by atoms with Crippen LogP contribution in [0.2, 0.25) is 0 Å². The number of aromatic nitrogens is 4. The summed E-state index contributed by atoms with van der Waals surface area (Å²) in [7, 11) is 0. The maximum Gasteiger partial charge on any atom is 0.183 e.